The van der Waals surface area contributed by atoms with Crippen LogP contribution in [0.15, 0.2) is 12.1 Å². The SMILES string of the molecule is COc1cc(C)cc(C)c1NCC(C)(C)O. The number of rotatable bonds is 4. The van der Waals surface area contributed by atoms with E-state index in [0.29, 0.717) is 6.54 Å². The zero-order valence-corrected chi connectivity index (χ0v) is 10.7. The van der Waals surface area contributed by atoms with E-state index < -0.39 is 5.60 Å². The highest BCUT2D eigenvalue weighted by Crippen LogP contribution is 2.29. The lowest BCUT2D eigenvalue weighted by atomic mass is 10.1. The Morgan fingerprint density at radius 1 is 1.31 bits per heavy atom. The van der Waals surface area contributed by atoms with Crippen LogP contribution in [0.2, 0.25) is 0 Å². The van der Waals surface area contributed by atoms with Crippen molar-refractivity contribution in [2.45, 2.75) is 33.3 Å². The van der Waals surface area contributed by atoms with E-state index in [1.165, 1.54) is 5.56 Å². The average molecular weight is 223 g/mol. The van der Waals surface area contributed by atoms with Gasteiger partial charge in [-0.2, -0.15) is 0 Å². The van der Waals surface area contributed by atoms with Gasteiger partial charge in [0.15, 0.2) is 0 Å². The average Bonchev–Trinajstić information content (AvgIpc) is 2.13. The van der Waals surface area contributed by atoms with E-state index in [1.807, 2.05) is 19.9 Å². The second kappa shape index (κ2) is 4.74. The maximum atomic E-state index is 9.68. The Bertz CT molecular complexity index is 367. The molecule has 16 heavy (non-hydrogen) atoms. The third kappa shape index (κ3) is 3.42. The van der Waals surface area contributed by atoms with Gasteiger partial charge >= 0.3 is 0 Å². The van der Waals surface area contributed by atoms with Gasteiger partial charge in [-0.15, -0.1) is 0 Å². The quantitative estimate of drug-likeness (QED) is 0.824. The topological polar surface area (TPSA) is 41.5 Å². The Kier molecular flexibility index (Phi) is 3.81. The van der Waals surface area contributed by atoms with E-state index in [1.54, 1.807) is 21.0 Å². The maximum absolute atomic E-state index is 9.68. The number of benzene rings is 1. The summed E-state index contributed by atoms with van der Waals surface area (Å²) in [6.45, 7) is 8.11. The van der Waals surface area contributed by atoms with Gasteiger partial charge in [0.25, 0.3) is 0 Å². The predicted octanol–water partition coefficient (Wildman–Crippen LogP) is 2.49. The third-order valence-electron chi connectivity index (χ3n) is 2.36. The Labute approximate surface area is 97.4 Å². The number of anilines is 1. The second-order valence-electron chi connectivity index (χ2n) is 4.83. The number of aliphatic hydroxyl groups is 1. The molecule has 0 aliphatic rings. The van der Waals surface area contributed by atoms with E-state index in [2.05, 4.69) is 11.4 Å². The van der Waals surface area contributed by atoms with Gasteiger partial charge in [0, 0.05) is 6.54 Å². The molecule has 0 amide bonds. The van der Waals surface area contributed by atoms with Crippen LogP contribution >= 0.6 is 0 Å². The number of methoxy groups -OCH3 is 1. The smallest absolute Gasteiger partial charge is 0.142 e. The number of aryl methyl sites for hydroxylation is 2. The molecule has 90 valence electrons. The van der Waals surface area contributed by atoms with Gasteiger partial charge in [-0.25, -0.2) is 0 Å². The van der Waals surface area contributed by atoms with Crippen LogP contribution in [0.5, 0.6) is 5.75 Å². The number of hydrogen-bond acceptors (Lipinski definition) is 3. The molecule has 1 aromatic rings. The minimum absolute atomic E-state index is 0.493. The third-order valence-corrected chi connectivity index (χ3v) is 2.36. The van der Waals surface area contributed by atoms with Gasteiger partial charge in [0.05, 0.1) is 18.4 Å². The largest absolute Gasteiger partial charge is 0.495 e. The van der Waals surface area contributed by atoms with Crippen LogP contribution in [-0.4, -0.2) is 24.4 Å². The van der Waals surface area contributed by atoms with Gasteiger partial charge < -0.3 is 15.2 Å². The van der Waals surface area contributed by atoms with Gasteiger partial charge in [-0.1, -0.05) is 6.07 Å². The highest BCUT2D eigenvalue weighted by molar-refractivity contribution is 5.63. The van der Waals surface area contributed by atoms with Crippen molar-refractivity contribution in [3.63, 3.8) is 0 Å². The zero-order valence-electron chi connectivity index (χ0n) is 10.7. The van der Waals surface area contributed by atoms with E-state index in [4.69, 9.17) is 4.74 Å². The van der Waals surface area contributed by atoms with Crippen LogP contribution in [0.4, 0.5) is 5.69 Å². The summed E-state index contributed by atoms with van der Waals surface area (Å²) >= 11 is 0. The molecule has 0 heterocycles. The minimum Gasteiger partial charge on any atom is -0.495 e. The molecule has 0 bridgehead atoms. The number of hydrogen-bond donors (Lipinski definition) is 2. The van der Waals surface area contributed by atoms with Crippen molar-refractivity contribution < 1.29 is 9.84 Å². The van der Waals surface area contributed by atoms with Gasteiger partial charge in [-0.05, 0) is 44.9 Å². The molecule has 1 rings (SSSR count). The van der Waals surface area contributed by atoms with Crippen molar-refractivity contribution in [1.29, 1.82) is 0 Å². The Balaban J connectivity index is 2.94. The van der Waals surface area contributed by atoms with Crippen molar-refractivity contribution in [3.8, 4) is 5.75 Å². The normalized spacial score (nSPS) is 11.4. The summed E-state index contributed by atoms with van der Waals surface area (Å²) in [5, 5.41) is 12.9. The van der Waals surface area contributed by atoms with Crippen LogP contribution in [0.3, 0.4) is 0 Å². The lowest BCUT2D eigenvalue weighted by molar-refractivity contribution is 0.0944. The Morgan fingerprint density at radius 3 is 2.44 bits per heavy atom. The first-order chi connectivity index (χ1) is 7.33. The van der Waals surface area contributed by atoms with E-state index in [0.717, 1.165) is 17.0 Å². The van der Waals surface area contributed by atoms with Gasteiger partial charge in [-0.3, -0.25) is 0 Å². The van der Waals surface area contributed by atoms with Crippen LogP contribution in [0.1, 0.15) is 25.0 Å². The first-order valence-electron chi connectivity index (χ1n) is 5.45. The molecule has 3 nitrogen and oxygen atoms in total. The van der Waals surface area contributed by atoms with E-state index >= 15 is 0 Å². The summed E-state index contributed by atoms with van der Waals surface area (Å²) in [4.78, 5) is 0. The summed E-state index contributed by atoms with van der Waals surface area (Å²) in [6, 6.07) is 4.08. The van der Waals surface area contributed by atoms with Crippen LogP contribution in [-0.2, 0) is 0 Å². The molecule has 0 aliphatic heterocycles. The molecule has 0 aliphatic carbocycles. The molecule has 0 aromatic heterocycles. The summed E-state index contributed by atoms with van der Waals surface area (Å²) < 4.78 is 5.33. The zero-order chi connectivity index (χ0) is 12.3. The van der Waals surface area contributed by atoms with Gasteiger partial charge in [0.2, 0.25) is 0 Å². The van der Waals surface area contributed by atoms with Crippen molar-refractivity contribution in [2.75, 3.05) is 19.0 Å². The molecule has 1 aromatic carbocycles. The van der Waals surface area contributed by atoms with Gasteiger partial charge in [0.1, 0.15) is 5.75 Å². The summed E-state index contributed by atoms with van der Waals surface area (Å²) in [5.74, 6) is 0.821. The molecule has 0 radical (unpaired) electrons. The van der Waals surface area contributed by atoms with Crippen LogP contribution in [0.25, 0.3) is 0 Å². The monoisotopic (exact) mass is 223 g/mol. The second-order valence-corrected chi connectivity index (χ2v) is 4.83. The van der Waals surface area contributed by atoms with Crippen LogP contribution < -0.4 is 10.1 Å². The fraction of sp³-hybridized carbons (Fsp3) is 0.538. The number of nitrogens with one attached hydrogen (secondary N) is 1. The standard InChI is InChI=1S/C13H21NO2/c1-9-6-10(2)12(11(7-9)16-5)14-8-13(3,4)15/h6-7,14-15H,8H2,1-5H3. The van der Waals surface area contributed by atoms with Crippen molar-refractivity contribution in [2.24, 2.45) is 0 Å². The predicted molar refractivity (Wildman–Crippen MR) is 67.3 cm³/mol. The molecular formula is C13H21NO2. The summed E-state index contributed by atoms with van der Waals surface area (Å²) in [5.41, 5.74) is 2.52. The number of ether oxygens (including phenoxy) is 1. The Morgan fingerprint density at radius 2 is 1.94 bits per heavy atom. The molecule has 0 atom stereocenters. The molecule has 0 fully saturated rings. The fourth-order valence-electron chi connectivity index (χ4n) is 1.62. The first-order valence-corrected chi connectivity index (χ1v) is 5.45. The van der Waals surface area contributed by atoms with Crippen molar-refractivity contribution in [1.82, 2.24) is 0 Å². The van der Waals surface area contributed by atoms with E-state index in [-0.39, 0.29) is 0 Å². The minimum atomic E-state index is -0.734. The molecule has 2 N–H and O–H groups in total. The first kappa shape index (κ1) is 12.8. The highest BCUT2D eigenvalue weighted by Gasteiger charge is 2.14. The Hall–Kier alpha value is -1.22. The van der Waals surface area contributed by atoms with E-state index in [9.17, 15) is 5.11 Å². The highest BCUT2D eigenvalue weighted by atomic mass is 16.5. The lowest BCUT2D eigenvalue weighted by Gasteiger charge is -2.21. The lowest BCUT2D eigenvalue weighted by Crippen LogP contribution is -2.29. The summed E-state index contributed by atoms with van der Waals surface area (Å²) in [7, 11) is 1.66. The molecule has 3 heteroatoms. The van der Waals surface area contributed by atoms with Crippen LogP contribution in [0, 0.1) is 13.8 Å². The maximum Gasteiger partial charge on any atom is 0.142 e. The van der Waals surface area contributed by atoms with Crippen molar-refractivity contribution >= 4 is 5.69 Å². The summed E-state index contributed by atoms with van der Waals surface area (Å²) in [6.07, 6.45) is 0. The molecule has 0 saturated heterocycles. The molecule has 0 saturated carbocycles. The molecular weight excluding hydrogens is 202 g/mol. The van der Waals surface area contributed by atoms with Crippen molar-refractivity contribution in [3.05, 3.63) is 23.3 Å². The molecule has 0 unspecified atom stereocenters. The fourth-order valence-corrected chi connectivity index (χ4v) is 1.62. The molecule has 0 spiro atoms.